The molecule has 1 heterocycles. The summed E-state index contributed by atoms with van der Waals surface area (Å²) in [7, 11) is 2.71. The quantitative estimate of drug-likeness (QED) is 0.637. The number of carbonyl (C=O) groups is 2. The number of hydrogen-bond donors (Lipinski definition) is 1. The first-order chi connectivity index (χ1) is 13.5. The number of phenols is 1. The van der Waals surface area contributed by atoms with Gasteiger partial charge in [-0.1, -0.05) is 42.5 Å². The van der Waals surface area contributed by atoms with Crippen LogP contribution < -0.4 is 4.74 Å². The van der Waals surface area contributed by atoms with Crippen LogP contribution in [0.2, 0.25) is 0 Å². The van der Waals surface area contributed by atoms with Crippen molar-refractivity contribution < 1.29 is 24.2 Å². The van der Waals surface area contributed by atoms with Crippen LogP contribution in [0.15, 0.2) is 65.4 Å². The number of ether oxygens (including phenoxy) is 2. The van der Waals surface area contributed by atoms with E-state index in [2.05, 4.69) is 0 Å². The van der Waals surface area contributed by atoms with Crippen LogP contribution >= 0.6 is 0 Å². The number of aromatic hydroxyl groups is 1. The zero-order valence-corrected chi connectivity index (χ0v) is 15.9. The number of phenolic OH excluding ortho intramolecular Hbond substituents is 1. The molecule has 0 bridgehead atoms. The first kappa shape index (κ1) is 19.2. The molecule has 0 atom stereocenters. The summed E-state index contributed by atoms with van der Waals surface area (Å²) in [6.07, 6.45) is 1.49. The number of methoxy groups -OCH3 is 2. The number of para-hydroxylation sites is 1. The van der Waals surface area contributed by atoms with E-state index in [9.17, 15) is 14.7 Å². The van der Waals surface area contributed by atoms with Crippen molar-refractivity contribution in [1.29, 1.82) is 0 Å². The molecular formula is C22H21NO5. The van der Waals surface area contributed by atoms with E-state index in [1.54, 1.807) is 25.1 Å². The van der Waals surface area contributed by atoms with Crippen LogP contribution in [-0.4, -0.2) is 36.1 Å². The van der Waals surface area contributed by atoms with Gasteiger partial charge in [0.1, 0.15) is 0 Å². The fourth-order valence-corrected chi connectivity index (χ4v) is 3.16. The lowest BCUT2D eigenvalue weighted by Gasteiger charge is -2.17. The Bertz CT molecular complexity index is 976. The Labute approximate surface area is 163 Å². The minimum absolute atomic E-state index is 0.103. The summed E-state index contributed by atoms with van der Waals surface area (Å²) >= 11 is 0. The predicted octanol–water partition coefficient (Wildman–Crippen LogP) is 3.27. The Morgan fingerprint density at radius 1 is 1.11 bits per heavy atom. The van der Waals surface area contributed by atoms with Crippen molar-refractivity contribution in [1.82, 2.24) is 4.90 Å². The van der Waals surface area contributed by atoms with Gasteiger partial charge in [0.2, 0.25) is 0 Å². The fourth-order valence-electron chi connectivity index (χ4n) is 3.16. The number of nitrogens with zero attached hydrogens (tertiary/aromatic N) is 1. The van der Waals surface area contributed by atoms with Gasteiger partial charge in [-0.2, -0.15) is 0 Å². The van der Waals surface area contributed by atoms with Gasteiger partial charge in [-0.3, -0.25) is 4.79 Å². The SMILES string of the molecule is COC(=O)C1=C(C)N(Cc2ccccc2)C(=O)/C1=C\c1cccc(OC)c1O. The van der Waals surface area contributed by atoms with E-state index in [0.29, 0.717) is 17.8 Å². The maximum Gasteiger partial charge on any atom is 0.340 e. The summed E-state index contributed by atoms with van der Waals surface area (Å²) in [6, 6.07) is 14.4. The van der Waals surface area contributed by atoms with Gasteiger partial charge in [0.25, 0.3) is 5.91 Å². The third-order valence-electron chi connectivity index (χ3n) is 4.63. The van der Waals surface area contributed by atoms with Crippen molar-refractivity contribution in [3.63, 3.8) is 0 Å². The highest BCUT2D eigenvalue weighted by atomic mass is 16.5. The van der Waals surface area contributed by atoms with E-state index in [1.807, 2.05) is 30.3 Å². The maximum atomic E-state index is 13.1. The average Bonchev–Trinajstić information content (AvgIpc) is 2.94. The highest BCUT2D eigenvalue weighted by molar-refractivity contribution is 6.16. The standard InChI is InChI=1S/C22H21NO5/c1-14-19(22(26)28-3)17(12-16-10-7-11-18(27-2)20(16)24)21(25)23(14)13-15-8-5-4-6-9-15/h4-12,24H,13H2,1-3H3/b17-12-. The summed E-state index contributed by atoms with van der Waals surface area (Å²) in [5, 5.41) is 10.4. The molecule has 144 valence electrons. The van der Waals surface area contributed by atoms with Crippen molar-refractivity contribution >= 4 is 18.0 Å². The van der Waals surface area contributed by atoms with Crippen LogP contribution in [0.4, 0.5) is 0 Å². The van der Waals surface area contributed by atoms with Crippen LogP contribution in [0.25, 0.3) is 6.08 Å². The summed E-state index contributed by atoms with van der Waals surface area (Å²) in [4.78, 5) is 27.0. The minimum Gasteiger partial charge on any atom is -0.504 e. The number of esters is 1. The summed E-state index contributed by atoms with van der Waals surface area (Å²) in [6.45, 7) is 2.03. The first-order valence-corrected chi connectivity index (χ1v) is 8.71. The van der Waals surface area contributed by atoms with Gasteiger partial charge in [0, 0.05) is 11.3 Å². The minimum atomic E-state index is -0.602. The van der Waals surface area contributed by atoms with Crippen molar-refractivity contribution in [2.45, 2.75) is 13.5 Å². The highest BCUT2D eigenvalue weighted by Crippen LogP contribution is 2.36. The monoisotopic (exact) mass is 379 g/mol. The number of allylic oxidation sites excluding steroid dienone is 1. The van der Waals surface area contributed by atoms with Crippen LogP contribution in [0.1, 0.15) is 18.1 Å². The smallest absolute Gasteiger partial charge is 0.340 e. The molecule has 2 aromatic carbocycles. The molecular weight excluding hydrogens is 358 g/mol. The van der Waals surface area contributed by atoms with E-state index in [4.69, 9.17) is 9.47 Å². The molecule has 0 saturated carbocycles. The Morgan fingerprint density at radius 3 is 2.46 bits per heavy atom. The lowest BCUT2D eigenvalue weighted by atomic mass is 10.0. The van der Waals surface area contributed by atoms with Gasteiger partial charge in [0.05, 0.1) is 31.9 Å². The molecule has 1 aliphatic heterocycles. The predicted molar refractivity (Wildman–Crippen MR) is 104 cm³/mol. The molecule has 1 aliphatic rings. The zero-order valence-electron chi connectivity index (χ0n) is 15.9. The number of hydrogen-bond acceptors (Lipinski definition) is 5. The maximum absolute atomic E-state index is 13.1. The molecule has 1 amide bonds. The van der Waals surface area contributed by atoms with Crippen molar-refractivity contribution in [3.05, 3.63) is 76.5 Å². The van der Waals surface area contributed by atoms with Crippen molar-refractivity contribution in [2.24, 2.45) is 0 Å². The lowest BCUT2D eigenvalue weighted by Crippen LogP contribution is -2.24. The van der Waals surface area contributed by atoms with Gasteiger partial charge in [-0.25, -0.2) is 4.79 Å². The molecule has 0 fully saturated rings. The number of rotatable bonds is 5. The Kier molecular flexibility index (Phi) is 5.49. The third kappa shape index (κ3) is 3.49. The van der Waals surface area contributed by atoms with Gasteiger partial charge >= 0.3 is 5.97 Å². The molecule has 0 radical (unpaired) electrons. The normalized spacial score (nSPS) is 15.3. The van der Waals surface area contributed by atoms with E-state index >= 15 is 0 Å². The van der Waals surface area contributed by atoms with Crippen LogP contribution in [0, 0.1) is 0 Å². The number of amides is 1. The first-order valence-electron chi connectivity index (χ1n) is 8.71. The molecule has 0 aliphatic carbocycles. The Morgan fingerprint density at radius 2 is 1.82 bits per heavy atom. The summed E-state index contributed by atoms with van der Waals surface area (Å²) in [5.41, 5.74) is 2.17. The van der Waals surface area contributed by atoms with Crippen molar-refractivity contribution in [2.75, 3.05) is 14.2 Å². The van der Waals surface area contributed by atoms with Crippen LogP contribution in [0.5, 0.6) is 11.5 Å². The number of benzene rings is 2. The number of carbonyl (C=O) groups excluding carboxylic acids is 2. The van der Waals surface area contributed by atoms with Gasteiger partial charge in [-0.05, 0) is 24.6 Å². The molecule has 2 aromatic rings. The summed E-state index contributed by atoms with van der Waals surface area (Å²) < 4.78 is 10.0. The van der Waals surface area contributed by atoms with E-state index in [0.717, 1.165) is 5.56 Å². The van der Waals surface area contributed by atoms with E-state index < -0.39 is 5.97 Å². The van der Waals surface area contributed by atoms with Crippen LogP contribution in [0.3, 0.4) is 0 Å². The Balaban J connectivity index is 2.07. The second-order valence-corrected chi connectivity index (χ2v) is 6.29. The third-order valence-corrected chi connectivity index (χ3v) is 4.63. The topological polar surface area (TPSA) is 76.1 Å². The average molecular weight is 379 g/mol. The molecule has 0 unspecified atom stereocenters. The molecule has 6 nitrogen and oxygen atoms in total. The molecule has 0 aromatic heterocycles. The van der Waals surface area contributed by atoms with Gasteiger partial charge in [-0.15, -0.1) is 0 Å². The molecule has 28 heavy (non-hydrogen) atoms. The molecule has 6 heteroatoms. The Hall–Kier alpha value is -3.54. The van der Waals surface area contributed by atoms with Crippen LogP contribution in [-0.2, 0) is 20.9 Å². The zero-order chi connectivity index (χ0) is 20.3. The summed E-state index contributed by atoms with van der Waals surface area (Å²) in [5.74, 6) is -0.756. The molecule has 0 spiro atoms. The van der Waals surface area contributed by atoms with Gasteiger partial charge in [0.15, 0.2) is 11.5 Å². The second-order valence-electron chi connectivity index (χ2n) is 6.29. The fraction of sp³-hybridized carbons (Fsp3) is 0.182. The van der Waals surface area contributed by atoms with Crippen molar-refractivity contribution in [3.8, 4) is 11.5 Å². The molecule has 0 saturated heterocycles. The molecule has 3 rings (SSSR count). The second kappa shape index (κ2) is 8.00. The molecule has 1 N–H and O–H groups in total. The highest BCUT2D eigenvalue weighted by Gasteiger charge is 2.37. The van der Waals surface area contributed by atoms with E-state index in [-0.39, 0.29) is 28.6 Å². The largest absolute Gasteiger partial charge is 0.504 e. The van der Waals surface area contributed by atoms with Gasteiger partial charge < -0.3 is 19.5 Å². The van der Waals surface area contributed by atoms with E-state index in [1.165, 1.54) is 25.2 Å². The lowest BCUT2D eigenvalue weighted by molar-refractivity contribution is -0.136.